The van der Waals surface area contributed by atoms with Gasteiger partial charge in [0.2, 0.25) is 5.69 Å². The molecule has 0 saturated heterocycles. The summed E-state index contributed by atoms with van der Waals surface area (Å²) >= 11 is 0. The molecule has 0 aliphatic carbocycles. The quantitative estimate of drug-likeness (QED) is 0.457. The monoisotopic (exact) mass is 352 g/mol. The molecule has 0 bridgehead atoms. The van der Waals surface area contributed by atoms with Crippen LogP contribution < -0.4 is 4.58 Å². The largest absolute Gasteiger partial charge is 0.428 e. The van der Waals surface area contributed by atoms with Gasteiger partial charge in [-0.2, -0.15) is 0 Å². The maximum atomic E-state index is 6.54. The summed E-state index contributed by atoms with van der Waals surface area (Å²) in [4.78, 5) is 0. The van der Waals surface area contributed by atoms with E-state index in [1.165, 1.54) is 0 Å². The summed E-state index contributed by atoms with van der Waals surface area (Å²) in [6.45, 7) is 0. The Bertz CT molecular complexity index is 1040. The fourth-order valence-electron chi connectivity index (χ4n) is 3.77. The van der Waals surface area contributed by atoms with Gasteiger partial charge in [-0.15, -0.1) is 0 Å². The highest BCUT2D eigenvalue weighted by Gasteiger charge is 2.46. The lowest BCUT2D eigenvalue weighted by Gasteiger charge is -2.35. The third-order valence-electron chi connectivity index (χ3n) is 4.98. The number of nitrogens with zero attached hydrogens (tertiary/aromatic N) is 1. The number of benzene rings is 3. The summed E-state index contributed by atoms with van der Waals surface area (Å²) in [6, 6.07) is 32.8. The highest BCUT2D eigenvalue weighted by Crippen LogP contribution is 2.46. The van der Waals surface area contributed by atoms with Crippen molar-refractivity contribution in [3.63, 3.8) is 0 Å². The van der Waals surface area contributed by atoms with E-state index in [1.54, 1.807) is 12.7 Å². The van der Waals surface area contributed by atoms with E-state index < -0.39 is 5.60 Å². The van der Waals surface area contributed by atoms with Gasteiger partial charge in [0.05, 0.1) is 17.9 Å². The third-order valence-corrected chi connectivity index (χ3v) is 4.98. The van der Waals surface area contributed by atoms with Gasteiger partial charge >= 0.3 is 12.3 Å². The zero-order valence-corrected chi connectivity index (χ0v) is 14.7. The van der Waals surface area contributed by atoms with Gasteiger partial charge in [-0.05, 0) is 12.1 Å². The van der Waals surface area contributed by atoms with Crippen molar-refractivity contribution in [3.05, 3.63) is 120 Å². The van der Waals surface area contributed by atoms with Crippen LogP contribution in [0.2, 0.25) is 0 Å². The molecule has 4 aromatic rings. The van der Waals surface area contributed by atoms with E-state index in [1.807, 2.05) is 59.2 Å². The highest BCUT2D eigenvalue weighted by molar-refractivity contribution is 5.74. The maximum absolute atomic E-state index is 6.54. The van der Waals surface area contributed by atoms with Crippen LogP contribution >= 0.6 is 0 Å². The van der Waals surface area contributed by atoms with Crippen LogP contribution in [0.4, 0.5) is 11.6 Å². The summed E-state index contributed by atoms with van der Waals surface area (Å²) in [5.41, 5.74) is 3.55. The molecule has 130 valence electrons. The molecule has 1 aliphatic heterocycles. The summed E-state index contributed by atoms with van der Waals surface area (Å²) in [5, 5.41) is 0. The molecule has 1 aliphatic rings. The second kappa shape index (κ2) is 6.29. The number of rotatable bonds is 3. The summed E-state index contributed by atoms with van der Waals surface area (Å²) in [7, 11) is 0. The molecule has 0 atom stereocenters. The number of furan rings is 1. The van der Waals surface area contributed by atoms with Crippen LogP contribution in [0.25, 0.3) is 0 Å². The molecular weight excluding hydrogens is 334 g/mol. The molecule has 0 saturated carbocycles. The van der Waals surface area contributed by atoms with Crippen LogP contribution in [0, 0.1) is 0 Å². The van der Waals surface area contributed by atoms with Crippen molar-refractivity contribution < 1.29 is 9.15 Å². The van der Waals surface area contributed by atoms with Crippen molar-refractivity contribution in [1.82, 2.24) is 4.58 Å². The summed E-state index contributed by atoms with van der Waals surface area (Å²) < 4.78 is 14.1. The van der Waals surface area contributed by atoms with Crippen molar-refractivity contribution >= 4 is 18.0 Å². The van der Waals surface area contributed by atoms with Crippen LogP contribution in [0.15, 0.2) is 108 Å². The fraction of sp³-hybridized carbons (Fsp3) is 0.0417. The SMILES string of the molecule is C1=[N+](c2ccco2)c2ccccc2C(c2ccccc2)(c2ccccc2)O1. The molecule has 1 aromatic heterocycles. The van der Waals surface area contributed by atoms with Gasteiger partial charge in [0.25, 0.3) is 0 Å². The molecule has 3 aromatic carbocycles. The maximum Gasteiger partial charge on any atom is 0.381 e. The molecule has 0 unspecified atom stereocenters. The molecule has 27 heavy (non-hydrogen) atoms. The van der Waals surface area contributed by atoms with E-state index >= 15 is 0 Å². The Balaban J connectivity index is 1.81. The lowest BCUT2D eigenvalue weighted by Crippen LogP contribution is -2.38. The standard InChI is InChI=1S/C24H18NO2/c1-3-10-19(11-4-1)24(20-12-5-2-6-13-20)21-14-7-8-15-22(21)25(18-27-24)23-16-9-17-26-23/h1-18H/q+1. The minimum Gasteiger partial charge on any atom is -0.428 e. The number of fused-ring (bicyclic) bond motifs is 1. The van der Waals surface area contributed by atoms with E-state index in [0.29, 0.717) is 0 Å². The van der Waals surface area contributed by atoms with Crippen molar-refractivity contribution in [1.29, 1.82) is 0 Å². The van der Waals surface area contributed by atoms with E-state index in [-0.39, 0.29) is 0 Å². The first-order valence-corrected chi connectivity index (χ1v) is 8.94. The predicted molar refractivity (Wildman–Crippen MR) is 107 cm³/mol. The van der Waals surface area contributed by atoms with Crippen molar-refractivity contribution in [2.75, 3.05) is 0 Å². The molecule has 3 heteroatoms. The lowest BCUT2D eigenvalue weighted by molar-refractivity contribution is 0.141. The van der Waals surface area contributed by atoms with Crippen LogP contribution in [-0.4, -0.2) is 6.40 Å². The van der Waals surface area contributed by atoms with Gasteiger partial charge in [0.15, 0.2) is 5.60 Å². The van der Waals surface area contributed by atoms with Gasteiger partial charge in [0, 0.05) is 17.2 Å². The minimum absolute atomic E-state index is 0.720. The average Bonchev–Trinajstić information content (AvgIpc) is 3.29. The predicted octanol–water partition coefficient (Wildman–Crippen LogP) is 5.46. The molecule has 0 radical (unpaired) electrons. The van der Waals surface area contributed by atoms with Gasteiger partial charge in [-0.3, -0.25) is 0 Å². The molecule has 5 rings (SSSR count). The number of para-hydroxylation sites is 1. The van der Waals surface area contributed by atoms with Gasteiger partial charge in [-0.25, -0.2) is 0 Å². The molecular formula is C24H18NO2+. The summed E-state index contributed by atoms with van der Waals surface area (Å²) in [5.74, 6) is 0.720. The first-order chi connectivity index (χ1) is 13.4. The van der Waals surface area contributed by atoms with E-state index in [2.05, 4.69) is 42.5 Å². The zero-order valence-electron chi connectivity index (χ0n) is 14.7. The number of hydrogen-bond donors (Lipinski definition) is 0. The Morgan fingerprint density at radius 2 is 1.26 bits per heavy atom. The Kier molecular flexibility index (Phi) is 3.65. The minimum atomic E-state index is -0.720. The number of ether oxygens (including phenoxy) is 1. The second-order valence-corrected chi connectivity index (χ2v) is 6.47. The first kappa shape index (κ1) is 15.6. The van der Waals surface area contributed by atoms with Gasteiger partial charge in [-0.1, -0.05) is 77.4 Å². The number of hydrogen-bond acceptors (Lipinski definition) is 2. The van der Waals surface area contributed by atoms with Crippen molar-refractivity contribution in [2.45, 2.75) is 5.60 Å². The molecule has 3 nitrogen and oxygen atoms in total. The normalized spacial score (nSPS) is 14.7. The Morgan fingerprint density at radius 1 is 0.630 bits per heavy atom. The van der Waals surface area contributed by atoms with Crippen LogP contribution in [0.5, 0.6) is 0 Å². The Morgan fingerprint density at radius 3 is 1.89 bits per heavy atom. The highest BCUT2D eigenvalue weighted by atomic mass is 16.5. The van der Waals surface area contributed by atoms with Crippen molar-refractivity contribution in [3.8, 4) is 0 Å². The first-order valence-electron chi connectivity index (χ1n) is 8.94. The smallest absolute Gasteiger partial charge is 0.381 e. The molecule has 0 fully saturated rings. The van der Waals surface area contributed by atoms with Crippen LogP contribution in [-0.2, 0) is 10.3 Å². The molecule has 2 heterocycles. The van der Waals surface area contributed by atoms with E-state index in [9.17, 15) is 0 Å². The van der Waals surface area contributed by atoms with Gasteiger partial charge < -0.3 is 9.15 Å². The second-order valence-electron chi connectivity index (χ2n) is 6.47. The third kappa shape index (κ3) is 2.40. The van der Waals surface area contributed by atoms with Gasteiger partial charge in [0.1, 0.15) is 0 Å². The lowest BCUT2D eigenvalue weighted by atomic mass is 9.79. The fourth-order valence-corrected chi connectivity index (χ4v) is 3.77. The molecule has 0 amide bonds. The molecule has 0 spiro atoms. The van der Waals surface area contributed by atoms with E-state index in [0.717, 1.165) is 28.3 Å². The van der Waals surface area contributed by atoms with E-state index in [4.69, 9.17) is 9.15 Å². The van der Waals surface area contributed by atoms with Crippen LogP contribution in [0.1, 0.15) is 16.7 Å². The van der Waals surface area contributed by atoms with Crippen LogP contribution in [0.3, 0.4) is 0 Å². The average molecular weight is 352 g/mol. The Labute approximate surface area is 157 Å². The zero-order chi connectivity index (χ0) is 18.1. The topological polar surface area (TPSA) is 25.4 Å². The summed E-state index contributed by atoms with van der Waals surface area (Å²) in [6.07, 6.45) is 3.42. The molecule has 0 N–H and O–H groups in total. The Hall–Kier alpha value is -3.59. The van der Waals surface area contributed by atoms with Crippen molar-refractivity contribution in [2.24, 2.45) is 0 Å².